The molecule has 297 valence electrons. The summed E-state index contributed by atoms with van der Waals surface area (Å²) in [7, 11) is 2.12. The van der Waals surface area contributed by atoms with Crippen LogP contribution in [-0.2, 0) is 16.2 Å². The lowest BCUT2D eigenvalue weighted by Gasteiger charge is -2.41. The van der Waals surface area contributed by atoms with E-state index in [9.17, 15) is 0 Å². The van der Waals surface area contributed by atoms with Crippen molar-refractivity contribution in [1.29, 1.82) is 0 Å². The quantitative estimate of drug-likeness (QED) is 0.147. The van der Waals surface area contributed by atoms with E-state index in [0.29, 0.717) is 5.92 Å². The molecule has 1 unspecified atom stereocenters. The lowest BCUT2D eigenvalue weighted by atomic mass is 9.63. The van der Waals surface area contributed by atoms with Gasteiger partial charge in [-0.25, -0.2) is 0 Å². The number of nitrogens with one attached hydrogen (secondary N) is 1. The highest BCUT2D eigenvalue weighted by Crippen LogP contribution is 2.48. The molecule has 1 radical (unpaired) electrons. The standard InChI is InChI=1S/C53H66BN2O/c1-13-19-42(55-29-18-17-21-41-32-39-20-15-16-22-44(39)53(41,11)12)24-30-56(31-25-45-43(14-2)37(3)23-26-50(45,5)6)38(4)36-54-49-34-40-33-46-47(35-48(40)57-49)52(9,10)28-27-51(46,7)8/h13-22,24-25,29-30,32-37,55H,1,23,26-28,31H2,2-12H3/b21-17-,29-18+,30-24+,38-36-,42-19+,43-14-,45-25+. The molecule has 1 saturated carbocycles. The second-order valence-corrected chi connectivity index (χ2v) is 19.0. The lowest BCUT2D eigenvalue weighted by Crippen LogP contribution is -2.33. The van der Waals surface area contributed by atoms with Gasteiger partial charge in [-0.3, -0.25) is 0 Å². The van der Waals surface area contributed by atoms with Crippen LogP contribution in [0.4, 0.5) is 0 Å². The predicted molar refractivity (Wildman–Crippen MR) is 248 cm³/mol. The third kappa shape index (κ3) is 9.06. The number of allylic oxidation sites excluding steroid dienone is 11. The predicted octanol–water partition coefficient (Wildman–Crippen LogP) is 13.2. The monoisotopic (exact) mass is 758 g/mol. The summed E-state index contributed by atoms with van der Waals surface area (Å²) in [4.78, 5) is 2.33. The third-order valence-electron chi connectivity index (χ3n) is 13.2. The van der Waals surface area contributed by atoms with E-state index in [2.05, 4.69) is 197 Å². The molecule has 0 aliphatic heterocycles. The maximum atomic E-state index is 6.50. The lowest BCUT2D eigenvalue weighted by molar-refractivity contribution is 0.328. The second-order valence-electron chi connectivity index (χ2n) is 19.0. The molecule has 2 aromatic carbocycles. The minimum atomic E-state index is -0.0105. The first kappa shape index (κ1) is 41.9. The van der Waals surface area contributed by atoms with E-state index in [4.69, 9.17) is 4.42 Å². The second kappa shape index (κ2) is 16.6. The fourth-order valence-corrected chi connectivity index (χ4v) is 9.13. The Bertz CT molecular complexity index is 2180. The number of benzene rings is 2. The van der Waals surface area contributed by atoms with Crippen LogP contribution < -0.4 is 11.0 Å². The molecule has 4 heteroatoms. The van der Waals surface area contributed by atoms with Crippen LogP contribution in [0, 0.1) is 11.3 Å². The smallest absolute Gasteiger partial charge is 0.233 e. The highest BCUT2D eigenvalue weighted by atomic mass is 16.3. The van der Waals surface area contributed by atoms with E-state index in [0.717, 1.165) is 29.2 Å². The van der Waals surface area contributed by atoms with Crippen molar-refractivity contribution in [3.8, 4) is 0 Å². The zero-order chi connectivity index (χ0) is 41.2. The van der Waals surface area contributed by atoms with Gasteiger partial charge in [0.15, 0.2) is 0 Å². The normalized spacial score (nSPS) is 22.7. The summed E-state index contributed by atoms with van der Waals surface area (Å²) in [6.07, 6.45) is 28.4. The Morgan fingerprint density at radius 1 is 0.930 bits per heavy atom. The summed E-state index contributed by atoms with van der Waals surface area (Å²) in [5.41, 5.74) is 14.1. The molecule has 6 rings (SSSR count). The van der Waals surface area contributed by atoms with Crippen molar-refractivity contribution < 1.29 is 4.42 Å². The zero-order valence-corrected chi connectivity index (χ0v) is 36.7. The molecule has 0 bridgehead atoms. The SMILES string of the molecule is C=C/C=C(\C=C\N(C/C=C1\C(=C/C)C(C)CCC1(C)C)/C(C)=C\[B]c1cc2cc3c(cc2o1)C(C)(C)CCC3(C)C)N/C=C/C=C\C1=Cc2ccccc2C1(C)C. The van der Waals surface area contributed by atoms with Crippen molar-refractivity contribution in [2.45, 2.75) is 118 Å². The van der Waals surface area contributed by atoms with Crippen LogP contribution in [0.25, 0.3) is 17.0 Å². The number of furan rings is 1. The van der Waals surface area contributed by atoms with E-state index in [1.807, 2.05) is 18.4 Å². The maximum Gasteiger partial charge on any atom is 0.233 e. The van der Waals surface area contributed by atoms with E-state index < -0.39 is 0 Å². The first-order chi connectivity index (χ1) is 27.0. The summed E-state index contributed by atoms with van der Waals surface area (Å²) in [6.45, 7) is 30.4. The van der Waals surface area contributed by atoms with E-state index in [1.54, 1.807) is 0 Å². The summed E-state index contributed by atoms with van der Waals surface area (Å²) < 4.78 is 6.50. The first-order valence-corrected chi connectivity index (χ1v) is 21.1. The molecule has 57 heavy (non-hydrogen) atoms. The third-order valence-corrected chi connectivity index (χ3v) is 13.2. The fraction of sp³-hybridized carbons (Fsp3) is 0.396. The van der Waals surface area contributed by atoms with E-state index >= 15 is 0 Å². The van der Waals surface area contributed by atoms with Crippen LogP contribution in [0.1, 0.15) is 124 Å². The highest BCUT2D eigenvalue weighted by molar-refractivity contribution is 6.57. The van der Waals surface area contributed by atoms with Gasteiger partial charge in [0.05, 0.1) is 5.66 Å². The van der Waals surface area contributed by atoms with Gasteiger partial charge >= 0.3 is 0 Å². The summed E-state index contributed by atoms with van der Waals surface area (Å²) in [5.74, 6) is 2.75. The van der Waals surface area contributed by atoms with Crippen LogP contribution >= 0.6 is 0 Å². The molecule has 3 aliphatic rings. The molecule has 0 spiro atoms. The Kier molecular flexibility index (Phi) is 12.2. The molecule has 0 saturated heterocycles. The molecule has 0 amide bonds. The average molecular weight is 758 g/mol. The van der Waals surface area contributed by atoms with Crippen LogP contribution in [-0.4, -0.2) is 18.7 Å². The van der Waals surface area contributed by atoms with Gasteiger partial charge in [-0.2, -0.15) is 0 Å². The van der Waals surface area contributed by atoms with Gasteiger partial charge in [-0.15, -0.1) is 0 Å². The number of rotatable bonds is 12. The van der Waals surface area contributed by atoms with Crippen LogP contribution in [0.5, 0.6) is 0 Å². The van der Waals surface area contributed by atoms with Crippen LogP contribution in [0.15, 0.2) is 149 Å². The van der Waals surface area contributed by atoms with Gasteiger partial charge in [0, 0.05) is 41.1 Å². The number of fused-ring (bicyclic) bond motifs is 3. The Labute approximate surface area is 345 Å². The summed E-state index contributed by atoms with van der Waals surface area (Å²) >= 11 is 0. The number of hydrogen-bond donors (Lipinski definition) is 1. The highest BCUT2D eigenvalue weighted by Gasteiger charge is 2.38. The zero-order valence-electron chi connectivity index (χ0n) is 36.7. The van der Waals surface area contributed by atoms with Crippen molar-refractivity contribution in [1.82, 2.24) is 10.2 Å². The van der Waals surface area contributed by atoms with Gasteiger partial charge in [0.1, 0.15) is 5.58 Å². The van der Waals surface area contributed by atoms with Crippen LogP contribution in [0.2, 0.25) is 0 Å². The van der Waals surface area contributed by atoms with Crippen molar-refractivity contribution in [2.75, 3.05) is 6.54 Å². The summed E-state index contributed by atoms with van der Waals surface area (Å²) in [6, 6.07) is 15.6. The molecular weight excluding hydrogens is 691 g/mol. The van der Waals surface area contributed by atoms with Crippen molar-refractivity contribution in [3.05, 3.63) is 166 Å². The van der Waals surface area contributed by atoms with Gasteiger partial charge in [0.25, 0.3) is 0 Å². The fourth-order valence-electron chi connectivity index (χ4n) is 9.13. The van der Waals surface area contributed by atoms with Gasteiger partial charge in [0.2, 0.25) is 7.28 Å². The summed E-state index contributed by atoms with van der Waals surface area (Å²) in [5, 5.41) is 4.66. The van der Waals surface area contributed by atoms with Gasteiger partial charge in [-0.05, 0) is 137 Å². The molecule has 1 atom stereocenters. The van der Waals surface area contributed by atoms with Crippen LogP contribution in [0.3, 0.4) is 0 Å². The number of hydrogen-bond acceptors (Lipinski definition) is 3. The first-order valence-electron chi connectivity index (χ1n) is 21.1. The minimum Gasteiger partial charge on any atom is -0.472 e. The molecule has 3 nitrogen and oxygen atoms in total. The maximum absolute atomic E-state index is 6.50. The van der Waals surface area contributed by atoms with Gasteiger partial charge < -0.3 is 14.6 Å². The van der Waals surface area contributed by atoms with Crippen molar-refractivity contribution in [2.24, 2.45) is 11.3 Å². The largest absolute Gasteiger partial charge is 0.472 e. The Morgan fingerprint density at radius 2 is 1.65 bits per heavy atom. The minimum absolute atomic E-state index is 0.0105. The Hall–Kier alpha value is -4.70. The Balaban J connectivity index is 1.24. The van der Waals surface area contributed by atoms with Gasteiger partial charge in [-0.1, -0.05) is 136 Å². The molecule has 1 aromatic heterocycles. The van der Waals surface area contributed by atoms with E-state index in [-0.39, 0.29) is 21.7 Å². The van der Waals surface area contributed by atoms with Crippen molar-refractivity contribution >= 4 is 30.0 Å². The molecule has 1 heterocycles. The topological polar surface area (TPSA) is 28.4 Å². The molecule has 1 N–H and O–H groups in total. The van der Waals surface area contributed by atoms with Crippen molar-refractivity contribution in [3.63, 3.8) is 0 Å². The molecular formula is C53H66BN2O. The number of nitrogens with zero attached hydrogens (tertiary/aromatic N) is 1. The molecule has 3 aliphatic carbocycles. The average Bonchev–Trinajstić information content (AvgIpc) is 3.69. The molecule has 3 aromatic rings. The van der Waals surface area contributed by atoms with E-state index in [1.165, 1.54) is 70.0 Å². The molecule has 1 fully saturated rings. The Morgan fingerprint density at radius 3 is 2.35 bits per heavy atom.